The second kappa shape index (κ2) is 126. The Morgan fingerprint density at radius 3 is 0.692 bits per heavy atom. The number of hydrogen-bond donors (Lipinski definition) is 0. The Balaban J connectivity index is -0.00000000125. The molecule has 72 valence electrons. The van der Waals surface area contributed by atoms with Gasteiger partial charge in [-0.2, -0.15) is 0 Å². The quantitative estimate of drug-likeness (QED) is 0.280. The van der Waals surface area contributed by atoms with Gasteiger partial charge in [-0.1, -0.05) is 0 Å². The molecule has 0 aliphatic carbocycles. The van der Waals surface area contributed by atoms with E-state index in [0.717, 1.165) is 0 Å². The van der Waals surface area contributed by atoms with Gasteiger partial charge in [-0.15, -0.1) is 0 Å². The summed E-state index contributed by atoms with van der Waals surface area (Å²) in [5.41, 5.74) is 0. The number of nitrogens with zero attached hydrogens (tertiary/aromatic N) is 1. The van der Waals surface area contributed by atoms with E-state index < -0.39 is 5.09 Å². The van der Waals surface area contributed by atoms with Crippen LogP contribution in [-0.2, 0) is 39.0 Å². The van der Waals surface area contributed by atoms with Crippen molar-refractivity contribution in [3.05, 3.63) is 15.3 Å². The summed E-state index contributed by atoms with van der Waals surface area (Å²) < 4.78 is 0. The smallest absolute Gasteiger partial charge is 0.870 e. The number of hydrogen-bond acceptors (Lipinski definition) is 9. The van der Waals surface area contributed by atoms with Crippen LogP contribution in [0.2, 0.25) is 0 Å². The van der Waals surface area contributed by atoms with Crippen molar-refractivity contribution in [3.63, 3.8) is 0 Å². The molecule has 13 heavy (non-hydrogen) atoms. The van der Waals surface area contributed by atoms with Gasteiger partial charge in [-0.3, -0.25) is 0 Å². The maximum Gasteiger partial charge on any atom is 3.00 e. The van der Waals surface area contributed by atoms with Crippen LogP contribution in [0, 0.1) is 15.3 Å². The van der Waals surface area contributed by atoms with E-state index in [-0.39, 0.29) is 89.2 Å². The van der Waals surface area contributed by atoms with Gasteiger partial charge in [0.25, 0.3) is 0 Å². The van der Waals surface area contributed by atoms with E-state index in [1.54, 1.807) is 0 Å². The fraction of sp³-hybridized carbons (Fsp3) is 0. The van der Waals surface area contributed by atoms with Gasteiger partial charge in [-0.25, -0.2) is 0 Å². The molecule has 0 bridgehead atoms. The van der Waals surface area contributed by atoms with Crippen LogP contribution in [-0.4, -0.2) is 55.3 Å². The zero-order chi connectivity index (χ0) is 3.58. The molecule has 0 amide bonds. The molecular formula is H6AlNO9Zn2. The summed E-state index contributed by atoms with van der Waals surface area (Å²) in [5, 5.41) is 14.8. The monoisotopic (exact) mass is 319 g/mol. The molecule has 0 aliphatic heterocycles. The fourth-order valence-electron chi connectivity index (χ4n) is 0. The molecule has 0 unspecified atom stereocenters. The Hall–Kier alpha value is 0.739. The topological polar surface area (TPSA) is 246 Å². The summed E-state index contributed by atoms with van der Waals surface area (Å²) in [5.74, 6) is 0. The van der Waals surface area contributed by atoms with Crippen molar-refractivity contribution < 1.29 is 76.9 Å². The molecule has 0 rings (SSSR count). The minimum Gasteiger partial charge on any atom is -0.870 e. The zero-order valence-corrected chi connectivity index (χ0v) is 13.4. The SMILES string of the molecule is O=[N+]([O-])[O-].[Al+3].[OH-].[OH-].[OH-].[OH-].[OH-].[OH-].[Zn+2].[Zn+2]. The first kappa shape index (κ1) is 159. The third-order valence-electron chi connectivity index (χ3n) is 0. The number of rotatable bonds is 0. The van der Waals surface area contributed by atoms with Gasteiger partial charge < -0.3 is 48.2 Å². The summed E-state index contributed by atoms with van der Waals surface area (Å²) in [6.07, 6.45) is 0. The standard InChI is InChI=1S/Al.NO3.6H2O.2Zn/c;2-1(3)4;;;;;;;;/h;;6*1H2;;/q+3;-1;;;;;;;2*+2/p-6. The average molecular weight is 322 g/mol. The Morgan fingerprint density at radius 1 is 0.692 bits per heavy atom. The molecular weight excluding hydrogens is 316 g/mol. The molecule has 0 aliphatic rings. The third-order valence-corrected chi connectivity index (χ3v) is 0. The van der Waals surface area contributed by atoms with Gasteiger partial charge in [0.15, 0.2) is 0 Å². The third kappa shape index (κ3) is 2690. The first-order chi connectivity index (χ1) is 1.73. The van der Waals surface area contributed by atoms with E-state index in [1.807, 2.05) is 0 Å². The van der Waals surface area contributed by atoms with Crippen LogP contribution in [0.3, 0.4) is 0 Å². The van der Waals surface area contributed by atoms with Gasteiger partial charge in [0.05, 0.1) is 5.09 Å². The minimum atomic E-state index is -1.75. The molecule has 6 N–H and O–H groups in total. The van der Waals surface area contributed by atoms with Gasteiger partial charge in [0.2, 0.25) is 0 Å². The molecule has 0 heterocycles. The Labute approximate surface area is 109 Å². The predicted octanol–water partition coefficient (Wildman–Crippen LogP) is -1.69. The van der Waals surface area contributed by atoms with E-state index in [1.165, 1.54) is 0 Å². The summed E-state index contributed by atoms with van der Waals surface area (Å²) >= 11 is 0. The maximum atomic E-state index is 8.25. The van der Waals surface area contributed by atoms with Crippen LogP contribution in [0.15, 0.2) is 0 Å². The van der Waals surface area contributed by atoms with Crippen molar-refractivity contribution in [2.24, 2.45) is 0 Å². The molecule has 0 saturated carbocycles. The molecule has 0 spiro atoms. The van der Waals surface area contributed by atoms with E-state index >= 15 is 0 Å². The second-order valence-electron chi connectivity index (χ2n) is 0.224. The van der Waals surface area contributed by atoms with E-state index in [2.05, 4.69) is 0 Å². The Morgan fingerprint density at radius 2 is 0.692 bits per heavy atom. The molecule has 0 aromatic heterocycles. The molecule has 13 heteroatoms. The van der Waals surface area contributed by atoms with Crippen molar-refractivity contribution in [2.45, 2.75) is 0 Å². The van der Waals surface area contributed by atoms with Crippen LogP contribution < -0.4 is 0 Å². The largest absolute Gasteiger partial charge is 3.00 e. The fourth-order valence-corrected chi connectivity index (χ4v) is 0. The van der Waals surface area contributed by atoms with Gasteiger partial charge in [0, 0.05) is 0 Å². The van der Waals surface area contributed by atoms with Gasteiger partial charge >= 0.3 is 56.3 Å². The van der Waals surface area contributed by atoms with Crippen LogP contribution in [0.25, 0.3) is 0 Å². The van der Waals surface area contributed by atoms with Crippen molar-refractivity contribution in [3.8, 4) is 0 Å². The van der Waals surface area contributed by atoms with E-state index in [0.29, 0.717) is 0 Å². The van der Waals surface area contributed by atoms with Gasteiger partial charge in [-0.05, 0) is 0 Å². The van der Waals surface area contributed by atoms with Crippen molar-refractivity contribution >= 4 is 17.4 Å². The summed E-state index contributed by atoms with van der Waals surface area (Å²) in [7, 11) is 0. The maximum absolute atomic E-state index is 8.25. The van der Waals surface area contributed by atoms with E-state index in [9.17, 15) is 0 Å². The van der Waals surface area contributed by atoms with E-state index in [4.69, 9.17) is 15.3 Å². The normalized spacial score (nSPS) is 1.85. The second-order valence-corrected chi connectivity index (χ2v) is 0.224. The van der Waals surface area contributed by atoms with Crippen LogP contribution in [0.1, 0.15) is 0 Å². The summed E-state index contributed by atoms with van der Waals surface area (Å²) in [4.78, 5) is 8.25. The molecule has 0 aromatic rings. The van der Waals surface area contributed by atoms with Crippen LogP contribution in [0.4, 0.5) is 0 Å². The first-order valence-corrected chi connectivity index (χ1v) is 0.548. The van der Waals surface area contributed by atoms with Crippen LogP contribution in [0.5, 0.6) is 0 Å². The summed E-state index contributed by atoms with van der Waals surface area (Å²) in [6, 6.07) is 0. The molecule has 0 aromatic carbocycles. The van der Waals surface area contributed by atoms with Crippen molar-refractivity contribution in [2.75, 3.05) is 0 Å². The molecule has 10 nitrogen and oxygen atoms in total. The summed E-state index contributed by atoms with van der Waals surface area (Å²) in [6.45, 7) is 0. The van der Waals surface area contributed by atoms with Crippen molar-refractivity contribution in [1.29, 1.82) is 0 Å². The predicted molar refractivity (Wildman–Crippen MR) is 27.7 cm³/mol. The molecule has 0 saturated heterocycles. The van der Waals surface area contributed by atoms with Gasteiger partial charge in [0.1, 0.15) is 0 Å². The zero-order valence-electron chi connectivity index (χ0n) is 6.35. The van der Waals surface area contributed by atoms with Crippen LogP contribution >= 0.6 is 0 Å². The minimum absolute atomic E-state index is 0. The van der Waals surface area contributed by atoms with Crippen molar-refractivity contribution in [1.82, 2.24) is 0 Å². The molecule has 0 fully saturated rings. The Bertz CT molecular complexity index is 40.6. The Kier molecular flexibility index (Phi) is 1540. The average Bonchev–Trinajstić information content (AvgIpc) is 0.811. The first-order valence-electron chi connectivity index (χ1n) is 0.548. The molecule has 0 radical (unpaired) electrons. The molecule has 0 atom stereocenters.